The van der Waals surface area contributed by atoms with Gasteiger partial charge in [-0.1, -0.05) is 60.2 Å². The molecule has 5 heteroatoms. The monoisotopic (exact) mass is 354 g/mol. The third kappa shape index (κ3) is 6.01. The number of rotatable bonds is 8. The summed E-state index contributed by atoms with van der Waals surface area (Å²) in [6.45, 7) is 2.23. The lowest BCUT2D eigenvalue weighted by Gasteiger charge is -2.17. The number of benzene rings is 2. The van der Waals surface area contributed by atoms with Crippen LogP contribution >= 0.6 is 0 Å². The highest BCUT2D eigenvalue weighted by Gasteiger charge is 2.21. The molecule has 138 valence electrons. The van der Waals surface area contributed by atoms with Crippen molar-refractivity contribution in [3.63, 3.8) is 0 Å². The molecule has 0 heterocycles. The Bertz CT molecular complexity index is 731. The van der Waals surface area contributed by atoms with Gasteiger partial charge in [-0.25, -0.2) is 0 Å². The Labute approximate surface area is 154 Å². The summed E-state index contributed by atoms with van der Waals surface area (Å²) in [6.07, 6.45) is 0.682. The molecule has 26 heavy (non-hydrogen) atoms. The smallest absolute Gasteiger partial charge is 0.310 e. The van der Waals surface area contributed by atoms with Crippen molar-refractivity contribution in [2.75, 3.05) is 13.7 Å². The molecule has 0 aliphatic heterocycles. The summed E-state index contributed by atoms with van der Waals surface area (Å²) in [5, 5.41) is 2.81. The second kappa shape index (κ2) is 9.73. The largest absolute Gasteiger partial charge is 0.469 e. The minimum atomic E-state index is -0.432. The Morgan fingerprint density at radius 3 is 2.50 bits per heavy atom. The number of ether oxygens (including phenoxy) is 1. The van der Waals surface area contributed by atoms with Crippen molar-refractivity contribution in [2.24, 2.45) is 11.7 Å². The predicted octanol–water partition coefficient (Wildman–Crippen LogP) is 2.53. The molecule has 1 amide bonds. The van der Waals surface area contributed by atoms with Crippen molar-refractivity contribution in [3.8, 4) is 0 Å². The number of hydrogen-bond donors (Lipinski definition) is 2. The van der Waals surface area contributed by atoms with E-state index in [0.717, 1.165) is 16.7 Å². The summed E-state index contributed by atoms with van der Waals surface area (Å²) >= 11 is 0. The number of aryl methyl sites for hydroxylation is 1. The second-order valence-corrected chi connectivity index (χ2v) is 6.44. The third-order valence-corrected chi connectivity index (χ3v) is 4.28. The first-order valence-corrected chi connectivity index (χ1v) is 8.70. The number of nitrogens with two attached hydrogens (primary N) is 1. The summed E-state index contributed by atoms with van der Waals surface area (Å²) in [4.78, 5) is 24.3. The molecule has 5 nitrogen and oxygen atoms in total. The van der Waals surface area contributed by atoms with E-state index in [-0.39, 0.29) is 30.9 Å². The Kier molecular flexibility index (Phi) is 7.36. The number of methoxy groups -OCH3 is 1. The van der Waals surface area contributed by atoms with Crippen LogP contribution in [0.1, 0.15) is 29.2 Å². The molecule has 2 rings (SSSR count). The molecule has 2 aromatic carbocycles. The fourth-order valence-corrected chi connectivity index (χ4v) is 2.86. The normalized spacial score (nSPS) is 12.9. The summed E-state index contributed by atoms with van der Waals surface area (Å²) in [5.41, 5.74) is 9.15. The maximum atomic E-state index is 12.2. The first-order chi connectivity index (χ1) is 12.5. The summed E-state index contributed by atoms with van der Waals surface area (Å²) in [7, 11) is 1.36. The van der Waals surface area contributed by atoms with Crippen LogP contribution < -0.4 is 11.1 Å². The van der Waals surface area contributed by atoms with Gasteiger partial charge < -0.3 is 15.8 Å². The molecular weight excluding hydrogens is 328 g/mol. The topological polar surface area (TPSA) is 81.4 Å². The molecule has 0 aliphatic rings. The van der Waals surface area contributed by atoms with Crippen molar-refractivity contribution >= 4 is 11.9 Å². The Balaban J connectivity index is 1.92. The Morgan fingerprint density at radius 1 is 1.12 bits per heavy atom. The maximum Gasteiger partial charge on any atom is 0.310 e. The summed E-state index contributed by atoms with van der Waals surface area (Å²) < 4.78 is 4.88. The molecule has 0 spiro atoms. The average Bonchev–Trinajstić information content (AvgIpc) is 2.65. The molecule has 0 saturated carbocycles. The highest BCUT2D eigenvalue weighted by molar-refractivity contribution is 5.78. The van der Waals surface area contributed by atoms with Crippen LogP contribution in [0.4, 0.5) is 0 Å². The predicted molar refractivity (Wildman–Crippen MR) is 101 cm³/mol. The van der Waals surface area contributed by atoms with Gasteiger partial charge in [-0.15, -0.1) is 0 Å². The number of hydrogen-bond acceptors (Lipinski definition) is 4. The molecule has 2 atom stereocenters. The van der Waals surface area contributed by atoms with Crippen LogP contribution in [0.3, 0.4) is 0 Å². The van der Waals surface area contributed by atoms with Crippen molar-refractivity contribution < 1.29 is 14.3 Å². The Morgan fingerprint density at radius 2 is 1.85 bits per heavy atom. The van der Waals surface area contributed by atoms with Gasteiger partial charge in [0.1, 0.15) is 0 Å². The number of carbonyl (C=O) groups is 2. The van der Waals surface area contributed by atoms with E-state index in [1.807, 2.05) is 61.5 Å². The van der Waals surface area contributed by atoms with Gasteiger partial charge in [-0.05, 0) is 24.5 Å². The van der Waals surface area contributed by atoms with Gasteiger partial charge in [-0.2, -0.15) is 0 Å². The van der Waals surface area contributed by atoms with E-state index in [0.29, 0.717) is 6.42 Å². The first-order valence-electron chi connectivity index (χ1n) is 8.70. The SMILES string of the molecule is COC(=O)C(CNC(=O)CC(N)c1ccccc1)Cc1cccc(C)c1. The van der Waals surface area contributed by atoms with Gasteiger partial charge >= 0.3 is 5.97 Å². The van der Waals surface area contributed by atoms with Gasteiger partial charge in [-0.3, -0.25) is 9.59 Å². The molecular formula is C21H26N2O3. The van der Waals surface area contributed by atoms with Crippen LogP contribution in [0.2, 0.25) is 0 Å². The molecule has 0 aromatic heterocycles. The van der Waals surface area contributed by atoms with Crippen LogP contribution in [0.25, 0.3) is 0 Å². The van der Waals surface area contributed by atoms with Crippen molar-refractivity contribution in [1.29, 1.82) is 0 Å². The minimum Gasteiger partial charge on any atom is -0.469 e. The lowest BCUT2D eigenvalue weighted by molar-refractivity contribution is -0.145. The van der Waals surface area contributed by atoms with Crippen LogP contribution in [-0.2, 0) is 20.7 Å². The number of nitrogens with one attached hydrogen (secondary N) is 1. The van der Waals surface area contributed by atoms with E-state index in [9.17, 15) is 9.59 Å². The molecule has 2 unspecified atom stereocenters. The Hall–Kier alpha value is -2.66. The quantitative estimate of drug-likeness (QED) is 0.714. The molecule has 0 bridgehead atoms. The number of esters is 1. The van der Waals surface area contributed by atoms with Gasteiger partial charge in [0.15, 0.2) is 0 Å². The summed E-state index contributed by atoms with van der Waals surface area (Å²) in [6, 6.07) is 17.1. The highest BCUT2D eigenvalue weighted by atomic mass is 16.5. The lowest BCUT2D eigenvalue weighted by atomic mass is 9.98. The van der Waals surface area contributed by atoms with Crippen LogP contribution in [0.5, 0.6) is 0 Å². The zero-order valence-electron chi connectivity index (χ0n) is 15.3. The highest BCUT2D eigenvalue weighted by Crippen LogP contribution is 2.14. The lowest BCUT2D eigenvalue weighted by Crippen LogP contribution is -2.36. The molecule has 0 aliphatic carbocycles. The van der Waals surface area contributed by atoms with E-state index in [1.165, 1.54) is 7.11 Å². The summed E-state index contributed by atoms with van der Waals surface area (Å²) in [5.74, 6) is -0.947. The van der Waals surface area contributed by atoms with E-state index < -0.39 is 5.92 Å². The van der Waals surface area contributed by atoms with Crippen LogP contribution in [0, 0.1) is 12.8 Å². The zero-order valence-corrected chi connectivity index (χ0v) is 15.3. The van der Waals surface area contributed by atoms with Crippen molar-refractivity contribution in [1.82, 2.24) is 5.32 Å². The molecule has 0 saturated heterocycles. The van der Waals surface area contributed by atoms with Gasteiger partial charge in [0.05, 0.1) is 13.0 Å². The first kappa shape index (κ1) is 19.7. The maximum absolute atomic E-state index is 12.2. The van der Waals surface area contributed by atoms with E-state index in [4.69, 9.17) is 10.5 Å². The zero-order chi connectivity index (χ0) is 18.9. The van der Waals surface area contributed by atoms with Gasteiger partial charge in [0, 0.05) is 19.0 Å². The second-order valence-electron chi connectivity index (χ2n) is 6.44. The third-order valence-electron chi connectivity index (χ3n) is 4.28. The van der Waals surface area contributed by atoms with Gasteiger partial charge in [0.25, 0.3) is 0 Å². The molecule has 0 fully saturated rings. The van der Waals surface area contributed by atoms with E-state index in [1.54, 1.807) is 0 Å². The number of amides is 1. The fraction of sp³-hybridized carbons (Fsp3) is 0.333. The van der Waals surface area contributed by atoms with Crippen LogP contribution in [-0.4, -0.2) is 25.5 Å². The molecule has 2 aromatic rings. The minimum absolute atomic E-state index is 0.169. The average molecular weight is 354 g/mol. The van der Waals surface area contributed by atoms with Gasteiger partial charge in [0.2, 0.25) is 5.91 Å². The van der Waals surface area contributed by atoms with Crippen LogP contribution in [0.15, 0.2) is 54.6 Å². The van der Waals surface area contributed by atoms with E-state index in [2.05, 4.69) is 5.32 Å². The molecule has 3 N–H and O–H groups in total. The standard InChI is InChI=1S/C21H26N2O3/c1-15-7-6-8-16(11-15)12-18(21(25)26-2)14-23-20(24)13-19(22)17-9-4-3-5-10-17/h3-11,18-19H,12-14,22H2,1-2H3,(H,23,24). The molecule has 0 radical (unpaired) electrons. The van der Waals surface area contributed by atoms with Crippen molar-refractivity contribution in [2.45, 2.75) is 25.8 Å². The number of carbonyl (C=O) groups excluding carboxylic acids is 2. The van der Waals surface area contributed by atoms with E-state index >= 15 is 0 Å². The van der Waals surface area contributed by atoms with Crippen molar-refractivity contribution in [3.05, 3.63) is 71.3 Å². The fourth-order valence-electron chi connectivity index (χ4n) is 2.86.